The molecule has 0 saturated carbocycles. The van der Waals surface area contributed by atoms with Crippen LogP contribution in [0.4, 0.5) is 5.69 Å². The number of anilines is 1. The summed E-state index contributed by atoms with van der Waals surface area (Å²) >= 11 is 0. The molecule has 2 N–H and O–H groups in total. The number of carbonyl (C=O) groups excluding carboxylic acids is 1. The molecule has 0 aliphatic rings. The van der Waals surface area contributed by atoms with Gasteiger partial charge in [0.05, 0.1) is 0 Å². The maximum Gasteiger partial charge on any atom is 0.228 e. The van der Waals surface area contributed by atoms with Gasteiger partial charge in [-0.1, -0.05) is 30.3 Å². The van der Waals surface area contributed by atoms with Crippen LogP contribution in [0.15, 0.2) is 52.9 Å². The fourth-order valence-electron chi connectivity index (χ4n) is 2.13. The first kappa shape index (κ1) is 11.5. The van der Waals surface area contributed by atoms with E-state index in [1.165, 1.54) is 0 Å². The van der Waals surface area contributed by atoms with Crippen molar-refractivity contribution in [2.45, 2.75) is 6.92 Å². The van der Waals surface area contributed by atoms with Gasteiger partial charge in [-0.25, -0.2) is 0 Å². The lowest BCUT2D eigenvalue weighted by atomic mass is 10.0. The molecule has 3 nitrogen and oxygen atoms in total. The first-order valence-electron chi connectivity index (χ1n) is 6.05. The van der Waals surface area contributed by atoms with E-state index < -0.39 is 0 Å². The van der Waals surface area contributed by atoms with Crippen molar-refractivity contribution in [1.82, 2.24) is 0 Å². The standard InChI is InChI=1S/C16H13NO2/c1-10-12(6-4-7-13(10)17)16(18)15-9-11-5-2-3-8-14(11)19-15/h2-9H,17H2,1H3. The summed E-state index contributed by atoms with van der Waals surface area (Å²) in [6.07, 6.45) is 0. The van der Waals surface area contributed by atoms with E-state index >= 15 is 0 Å². The Morgan fingerprint density at radius 2 is 1.89 bits per heavy atom. The molecule has 1 aromatic heterocycles. The van der Waals surface area contributed by atoms with Crippen LogP contribution in [-0.2, 0) is 0 Å². The summed E-state index contributed by atoms with van der Waals surface area (Å²) < 4.78 is 5.59. The number of fused-ring (bicyclic) bond motifs is 1. The SMILES string of the molecule is Cc1c(N)cccc1C(=O)c1cc2ccccc2o1. The van der Waals surface area contributed by atoms with E-state index in [4.69, 9.17) is 10.2 Å². The molecule has 0 fully saturated rings. The molecule has 0 atom stereocenters. The molecule has 0 spiro atoms. The second kappa shape index (κ2) is 4.28. The molecular formula is C16H13NO2. The first-order valence-corrected chi connectivity index (χ1v) is 6.05. The zero-order valence-corrected chi connectivity index (χ0v) is 10.5. The van der Waals surface area contributed by atoms with Gasteiger partial charge in [-0.3, -0.25) is 4.79 Å². The molecule has 94 valence electrons. The van der Waals surface area contributed by atoms with Crippen LogP contribution in [0.3, 0.4) is 0 Å². The lowest BCUT2D eigenvalue weighted by Crippen LogP contribution is -2.04. The minimum absolute atomic E-state index is 0.138. The molecule has 0 unspecified atom stereocenters. The highest BCUT2D eigenvalue weighted by atomic mass is 16.3. The number of hydrogen-bond donors (Lipinski definition) is 1. The van der Waals surface area contributed by atoms with Gasteiger partial charge in [-0.05, 0) is 30.7 Å². The van der Waals surface area contributed by atoms with Crippen LogP contribution < -0.4 is 5.73 Å². The van der Waals surface area contributed by atoms with Gasteiger partial charge >= 0.3 is 0 Å². The van der Waals surface area contributed by atoms with E-state index in [9.17, 15) is 4.79 Å². The van der Waals surface area contributed by atoms with Crippen molar-refractivity contribution in [3.8, 4) is 0 Å². The van der Waals surface area contributed by atoms with E-state index in [1.54, 1.807) is 24.3 Å². The van der Waals surface area contributed by atoms with Crippen molar-refractivity contribution in [3.63, 3.8) is 0 Å². The lowest BCUT2D eigenvalue weighted by Gasteiger charge is -2.05. The molecule has 0 bridgehead atoms. The van der Waals surface area contributed by atoms with E-state index in [0.29, 0.717) is 22.6 Å². The monoisotopic (exact) mass is 251 g/mol. The Hall–Kier alpha value is -2.55. The van der Waals surface area contributed by atoms with E-state index in [0.717, 1.165) is 10.9 Å². The fourth-order valence-corrected chi connectivity index (χ4v) is 2.13. The van der Waals surface area contributed by atoms with Gasteiger partial charge in [0, 0.05) is 16.6 Å². The molecule has 0 aliphatic carbocycles. The molecule has 0 aliphatic heterocycles. The normalized spacial score (nSPS) is 10.8. The van der Waals surface area contributed by atoms with Crippen molar-refractivity contribution in [2.75, 3.05) is 5.73 Å². The summed E-state index contributed by atoms with van der Waals surface area (Å²) in [5.41, 5.74) is 8.52. The van der Waals surface area contributed by atoms with Gasteiger partial charge in [0.2, 0.25) is 5.78 Å². The Kier molecular flexibility index (Phi) is 2.60. The highest BCUT2D eigenvalue weighted by Crippen LogP contribution is 2.24. The van der Waals surface area contributed by atoms with Gasteiger partial charge in [-0.2, -0.15) is 0 Å². The van der Waals surface area contributed by atoms with Gasteiger partial charge in [0.25, 0.3) is 0 Å². The van der Waals surface area contributed by atoms with Gasteiger partial charge in [-0.15, -0.1) is 0 Å². The number of benzene rings is 2. The zero-order chi connectivity index (χ0) is 13.4. The maximum atomic E-state index is 12.4. The highest BCUT2D eigenvalue weighted by molar-refractivity contribution is 6.10. The largest absolute Gasteiger partial charge is 0.453 e. The zero-order valence-electron chi connectivity index (χ0n) is 10.5. The molecule has 1 heterocycles. The number of nitrogens with two attached hydrogens (primary N) is 1. The van der Waals surface area contributed by atoms with Crippen LogP contribution in [0.5, 0.6) is 0 Å². The Morgan fingerprint density at radius 3 is 2.68 bits per heavy atom. The van der Waals surface area contributed by atoms with Crippen molar-refractivity contribution in [2.24, 2.45) is 0 Å². The number of para-hydroxylation sites is 1. The maximum absolute atomic E-state index is 12.4. The third kappa shape index (κ3) is 1.89. The van der Waals surface area contributed by atoms with Crippen molar-refractivity contribution < 1.29 is 9.21 Å². The molecular weight excluding hydrogens is 238 g/mol. The molecule has 3 heteroatoms. The van der Waals surface area contributed by atoms with Crippen molar-refractivity contribution >= 4 is 22.4 Å². The predicted octanol–water partition coefficient (Wildman–Crippen LogP) is 3.55. The minimum atomic E-state index is -0.138. The number of ketones is 1. The van der Waals surface area contributed by atoms with E-state index in [1.807, 2.05) is 31.2 Å². The average Bonchev–Trinajstić information content (AvgIpc) is 2.85. The molecule has 0 saturated heterocycles. The van der Waals surface area contributed by atoms with Gasteiger partial charge < -0.3 is 10.2 Å². The van der Waals surface area contributed by atoms with Gasteiger partial charge in [0.15, 0.2) is 5.76 Å². The topological polar surface area (TPSA) is 56.2 Å². The molecule has 3 rings (SSSR count). The third-order valence-corrected chi connectivity index (χ3v) is 3.27. The number of hydrogen-bond acceptors (Lipinski definition) is 3. The Bertz CT molecular complexity index is 738. The Labute approximate surface area is 110 Å². The van der Waals surface area contributed by atoms with Crippen molar-refractivity contribution in [1.29, 1.82) is 0 Å². The quantitative estimate of drug-likeness (QED) is 0.559. The predicted molar refractivity (Wildman–Crippen MR) is 75.2 cm³/mol. The second-order valence-electron chi connectivity index (χ2n) is 4.50. The smallest absolute Gasteiger partial charge is 0.228 e. The molecule has 3 aromatic rings. The average molecular weight is 251 g/mol. The molecule has 0 amide bonds. The van der Waals surface area contributed by atoms with Crippen LogP contribution in [0.2, 0.25) is 0 Å². The minimum Gasteiger partial charge on any atom is -0.453 e. The summed E-state index contributed by atoms with van der Waals surface area (Å²) in [5.74, 6) is 0.205. The third-order valence-electron chi connectivity index (χ3n) is 3.27. The van der Waals surface area contributed by atoms with Crippen LogP contribution in [0.25, 0.3) is 11.0 Å². The van der Waals surface area contributed by atoms with Gasteiger partial charge in [0.1, 0.15) is 5.58 Å². The van der Waals surface area contributed by atoms with Crippen LogP contribution in [-0.4, -0.2) is 5.78 Å². The fraction of sp³-hybridized carbons (Fsp3) is 0.0625. The summed E-state index contributed by atoms with van der Waals surface area (Å²) in [6.45, 7) is 1.84. The van der Waals surface area contributed by atoms with Crippen LogP contribution in [0, 0.1) is 6.92 Å². The summed E-state index contributed by atoms with van der Waals surface area (Å²) in [5, 5.41) is 0.924. The van der Waals surface area contributed by atoms with Crippen molar-refractivity contribution in [3.05, 3.63) is 65.4 Å². The Balaban J connectivity index is 2.11. The molecule has 0 radical (unpaired) electrons. The summed E-state index contributed by atoms with van der Waals surface area (Å²) in [4.78, 5) is 12.4. The number of carbonyl (C=O) groups is 1. The number of nitrogen functional groups attached to an aromatic ring is 1. The summed E-state index contributed by atoms with van der Waals surface area (Å²) in [6, 6.07) is 14.6. The molecule has 19 heavy (non-hydrogen) atoms. The summed E-state index contributed by atoms with van der Waals surface area (Å²) in [7, 11) is 0. The first-order chi connectivity index (χ1) is 9.16. The number of furan rings is 1. The van der Waals surface area contributed by atoms with Crippen LogP contribution >= 0.6 is 0 Å². The molecule has 2 aromatic carbocycles. The van der Waals surface area contributed by atoms with E-state index in [-0.39, 0.29) is 5.78 Å². The lowest BCUT2D eigenvalue weighted by molar-refractivity contribution is 0.101. The van der Waals surface area contributed by atoms with E-state index in [2.05, 4.69) is 0 Å². The highest BCUT2D eigenvalue weighted by Gasteiger charge is 2.17. The Morgan fingerprint density at radius 1 is 1.11 bits per heavy atom. The number of rotatable bonds is 2. The second-order valence-corrected chi connectivity index (χ2v) is 4.50. The van der Waals surface area contributed by atoms with Crippen LogP contribution in [0.1, 0.15) is 21.7 Å².